The average Bonchev–Trinajstić information content (AvgIpc) is 3.48. The standard InChI is InChI=1S/C38H27NO/c1-38(2)32-16-10-9-15-28(32)29-22-31-30-19-26(17-18-36(30)40-37(31)23-33(29)38)27-20-34(24-11-5-3-6-12-24)39-35(21-27)25-13-7-4-8-14-25/h3-23H,1-2H3. The number of pyridine rings is 1. The van der Waals surface area contributed by atoms with Crippen LogP contribution in [0.5, 0.6) is 0 Å². The summed E-state index contributed by atoms with van der Waals surface area (Å²) >= 11 is 0. The van der Waals surface area contributed by atoms with Crippen molar-refractivity contribution in [3.05, 3.63) is 139 Å². The van der Waals surface area contributed by atoms with Crippen LogP contribution >= 0.6 is 0 Å². The molecular formula is C38H27NO. The summed E-state index contributed by atoms with van der Waals surface area (Å²) in [6.45, 7) is 4.62. The van der Waals surface area contributed by atoms with E-state index in [-0.39, 0.29) is 5.41 Å². The molecule has 2 heterocycles. The molecule has 7 aromatic rings. The fourth-order valence-corrected chi connectivity index (χ4v) is 6.36. The van der Waals surface area contributed by atoms with E-state index in [2.05, 4.69) is 129 Å². The lowest BCUT2D eigenvalue weighted by Gasteiger charge is -2.21. The summed E-state index contributed by atoms with van der Waals surface area (Å²) in [4.78, 5) is 5.06. The van der Waals surface area contributed by atoms with Crippen molar-refractivity contribution in [3.8, 4) is 44.8 Å². The van der Waals surface area contributed by atoms with Gasteiger partial charge < -0.3 is 4.42 Å². The number of aromatic nitrogens is 1. The van der Waals surface area contributed by atoms with Crippen LogP contribution in [0.25, 0.3) is 66.7 Å². The van der Waals surface area contributed by atoms with Gasteiger partial charge in [0.1, 0.15) is 11.2 Å². The second-order valence-corrected chi connectivity index (χ2v) is 11.2. The number of benzene rings is 5. The molecule has 0 unspecified atom stereocenters. The average molecular weight is 514 g/mol. The third-order valence-corrected chi connectivity index (χ3v) is 8.47. The second-order valence-electron chi connectivity index (χ2n) is 11.2. The second kappa shape index (κ2) is 8.53. The summed E-state index contributed by atoms with van der Waals surface area (Å²) in [6, 6.07) is 45.1. The molecule has 2 aromatic heterocycles. The van der Waals surface area contributed by atoms with Gasteiger partial charge in [-0.2, -0.15) is 0 Å². The zero-order valence-corrected chi connectivity index (χ0v) is 22.5. The van der Waals surface area contributed by atoms with E-state index < -0.39 is 0 Å². The molecule has 0 saturated heterocycles. The number of hydrogen-bond donors (Lipinski definition) is 0. The molecule has 40 heavy (non-hydrogen) atoms. The Bertz CT molecular complexity index is 2010. The van der Waals surface area contributed by atoms with E-state index in [1.54, 1.807) is 0 Å². The van der Waals surface area contributed by atoms with Gasteiger partial charge in [0.05, 0.1) is 11.4 Å². The summed E-state index contributed by atoms with van der Waals surface area (Å²) in [5, 5.41) is 2.29. The minimum atomic E-state index is -0.0526. The van der Waals surface area contributed by atoms with Crippen LogP contribution < -0.4 is 0 Å². The van der Waals surface area contributed by atoms with Crippen molar-refractivity contribution in [1.82, 2.24) is 4.98 Å². The zero-order chi connectivity index (χ0) is 26.8. The quantitative estimate of drug-likeness (QED) is 0.235. The van der Waals surface area contributed by atoms with Gasteiger partial charge in [0.25, 0.3) is 0 Å². The first-order chi connectivity index (χ1) is 19.6. The first-order valence-electron chi connectivity index (χ1n) is 13.8. The van der Waals surface area contributed by atoms with Crippen molar-refractivity contribution >= 4 is 21.9 Å². The lowest BCUT2D eigenvalue weighted by Crippen LogP contribution is -2.14. The van der Waals surface area contributed by atoms with Crippen molar-refractivity contribution in [2.24, 2.45) is 0 Å². The smallest absolute Gasteiger partial charge is 0.135 e. The lowest BCUT2D eigenvalue weighted by molar-refractivity contribution is 0.647. The van der Waals surface area contributed by atoms with Crippen LogP contribution in [0.15, 0.2) is 132 Å². The molecule has 0 spiro atoms. The van der Waals surface area contributed by atoms with Gasteiger partial charge in [0.2, 0.25) is 0 Å². The molecule has 2 heteroatoms. The number of furan rings is 1. The highest BCUT2D eigenvalue weighted by molar-refractivity contribution is 6.09. The number of nitrogens with zero attached hydrogens (tertiary/aromatic N) is 1. The van der Waals surface area contributed by atoms with Gasteiger partial charge in [-0.05, 0) is 69.8 Å². The molecule has 0 aliphatic heterocycles. The van der Waals surface area contributed by atoms with Crippen molar-refractivity contribution in [3.63, 3.8) is 0 Å². The first-order valence-corrected chi connectivity index (χ1v) is 13.8. The normalized spacial score (nSPS) is 13.4. The van der Waals surface area contributed by atoms with Gasteiger partial charge in [-0.15, -0.1) is 0 Å². The van der Waals surface area contributed by atoms with Gasteiger partial charge >= 0.3 is 0 Å². The molecule has 1 aliphatic rings. The summed E-state index contributed by atoms with van der Waals surface area (Å²) < 4.78 is 6.43. The van der Waals surface area contributed by atoms with Crippen LogP contribution in [0.1, 0.15) is 25.0 Å². The molecule has 0 N–H and O–H groups in total. The van der Waals surface area contributed by atoms with Crippen LogP contribution in [0, 0.1) is 0 Å². The molecule has 0 bridgehead atoms. The van der Waals surface area contributed by atoms with Crippen molar-refractivity contribution in [1.29, 1.82) is 0 Å². The fourth-order valence-electron chi connectivity index (χ4n) is 6.36. The molecule has 2 nitrogen and oxygen atoms in total. The maximum absolute atomic E-state index is 6.43. The molecule has 0 atom stereocenters. The minimum absolute atomic E-state index is 0.0526. The third-order valence-electron chi connectivity index (χ3n) is 8.47. The Kier molecular flexibility index (Phi) is 4.90. The Morgan fingerprint density at radius 1 is 0.475 bits per heavy atom. The Labute approximate surface area is 233 Å². The van der Waals surface area contributed by atoms with E-state index in [0.29, 0.717) is 0 Å². The van der Waals surface area contributed by atoms with Gasteiger partial charge in [0, 0.05) is 27.3 Å². The Balaban J connectivity index is 1.33. The molecule has 0 fully saturated rings. The van der Waals surface area contributed by atoms with E-state index in [9.17, 15) is 0 Å². The first kappa shape index (κ1) is 23.0. The highest BCUT2D eigenvalue weighted by Crippen LogP contribution is 2.50. The lowest BCUT2D eigenvalue weighted by atomic mass is 9.82. The van der Waals surface area contributed by atoms with Crippen molar-refractivity contribution < 1.29 is 4.42 Å². The van der Waals surface area contributed by atoms with Crippen LogP contribution in [0.2, 0.25) is 0 Å². The topological polar surface area (TPSA) is 26.0 Å². The summed E-state index contributed by atoms with van der Waals surface area (Å²) in [7, 11) is 0. The van der Waals surface area contributed by atoms with Gasteiger partial charge in [0.15, 0.2) is 0 Å². The third kappa shape index (κ3) is 3.46. The molecule has 0 saturated carbocycles. The maximum atomic E-state index is 6.43. The molecule has 5 aromatic carbocycles. The van der Waals surface area contributed by atoms with E-state index >= 15 is 0 Å². The highest BCUT2D eigenvalue weighted by Gasteiger charge is 2.36. The Morgan fingerprint density at radius 3 is 1.80 bits per heavy atom. The van der Waals surface area contributed by atoms with Crippen LogP contribution in [-0.4, -0.2) is 4.98 Å². The Hall–Kier alpha value is -4.95. The summed E-state index contributed by atoms with van der Waals surface area (Å²) in [5.41, 5.74) is 13.6. The monoisotopic (exact) mass is 513 g/mol. The SMILES string of the molecule is CC1(C)c2ccccc2-c2cc3c(cc21)oc1ccc(-c2cc(-c4ccccc4)nc(-c4ccccc4)c2)cc13. The van der Waals surface area contributed by atoms with Gasteiger partial charge in [-0.25, -0.2) is 4.98 Å². The van der Waals surface area contributed by atoms with Crippen LogP contribution in [0.3, 0.4) is 0 Å². The molecule has 1 aliphatic carbocycles. The molecule has 8 rings (SSSR count). The molecule has 0 radical (unpaired) electrons. The summed E-state index contributed by atoms with van der Waals surface area (Å²) in [5.74, 6) is 0. The Morgan fingerprint density at radius 2 is 1.10 bits per heavy atom. The predicted molar refractivity (Wildman–Crippen MR) is 165 cm³/mol. The fraction of sp³-hybridized carbons (Fsp3) is 0.0789. The highest BCUT2D eigenvalue weighted by atomic mass is 16.3. The number of hydrogen-bond acceptors (Lipinski definition) is 2. The van der Waals surface area contributed by atoms with E-state index in [1.165, 1.54) is 22.3 Å². The predicted octanol–water partition coefficient (Wildman–Crippen LogP) is 10.3. The van der Waals surface area contributed by atoms with Crippen LogP contribution in [-0.2, 0) is 5.41 Å². The molecular weight excluding hydrogens is 486 g/mol. The molecule has 0 amide bonds. The molecule has 190 valence electrons. The number of rotatable bonds is 3. The summed E-state index contributed by atoms with van der Waals surface area (Å²) in [6.07, 6.45) is 0. The van der Waals surface area contributed by atoms with Gasteiger partial charge in [-0.3, -0.25) is 0 Å². The largest absolute Gasteiger partial charge is 0.456 e. The minimum Gasteiger partial charge on any atom is -0.456 e. The van der Waals surface area contributed by atoms with E-state index in [4.69, 9.17) is 9.40 Å². The zero-order valence-electron chi connectivity index (χ0n) is 22.5. The van der Waals surface area contributed by atoms with E-state index in [1.807, 2.05) is 12.1 Å². The van der Waals surface area contributed by atoms with Crippen molar-refractivity contribution in [2.45, 2.75) is 19.3 Å². The van der Waals surface area contributed by atoms with Gasteiger partial charge in [-0.1, -0.05) is 105 Å². The van der Waals surface area contributed by atoms with Crippen molar-refractivity contribution in [2.75, 3.05) is 0 Å². The number of fused-ring (bicyclic) bond motifs is 6. The van der Waals surface area contributed by atoms with Crippen LogP contribution in [0.4, 0.5) is 0 Å². The van der Waals surface area contributed by atoms with E-state index in [0.717, 1.165) is 55.6 Å². The maximum Gasteiger partial charge on any atom is 0.135 e.